The normalized spacial score (nSPS) is 10.1. The van der Waals surface area contributed by atoms with Gasteiger partial charge in [-0.3, -0.25) is 4.79 Å². The van der Waals surface area contributed by atoms with Crippen LogP contribution >= 0.6 is 11.3 Å². The Morgan fingerprint density at radius 3 is 3.06 bits per heavy atom. The molecule has 2 rings (SSSR count). The van der Waals surface area contributed by atoms with Gasteiger partial charge in [-0.2, -0.15) is 0 Å². The topological polar surface area (TPSA) is 88.2 Å². The number of carbonyl (C=O) groups is 1. The summed E-state index contributed by atoms with van der Waals surface area (Å²) in [5.74, 6) is -0.315. The molecule has 0 fully saturated rings. The van der Waals surface area contributed by atoms with Crippen LogP contribution in [0.4, 0.5) is 5.69 Å². The Morgan fingerprint density at radius 2 is 2.35 bits per heavy atom. The molecule has 0 spiro atoms. The molecule has 0 radical (unpaired) electrons. The molecule has 1 heterocycles. The molecule has 1 aromatic carbocycles. The number of carbonyl (C=O) groups excluding carboxylic acids is 1. The summed E-state index contributed by atoms with van der Waals surface area (Å²) in [4.78, 5) is 15.8. The zero-order valence-corrected chi connectivity index (χ0v) is 9.70. The minimum Gasteiger partial charge on any atom is -0.508 e. The maximum absolute atomic E-state index is 11.8. The van der Waals surface area contributed by atoms with Gasteiger partial charge in [0, 0.05) is 11.1 Å². The van der Waals surface area contributed by atoms with E-state index in [2.05, 4.69) is 10.3 Å². The van der Waals surface area contributed by atoms with Crippen LogP contribution < -0.4 is 11.1 Å². The van der Waals surface area contributed by atoms with Gasteiger partial charge in [0.2, 0.25) is 0 Å². The Morgan fingerprint density at radius 1 is 1.53 bits per heavy atom. The SMILES string of the molecule is Nc1ccc(O)cc1C(=O)NCc1cscn1. The quantitative estimate of drug-likeness (QED) is 0.566. The lowest BCUT2D eigenvalue weighted by Crippen LogP contribution is -2.23. The van der Waals surface area contributed by atoms with Gasteiger partial charge in [-0.15, -0.1) is 11.3 Å². The fourth-order valence-corrected chi connectivity index (χ4v) is 1.89. The summed E-state index contributed by atoms with van der Waals surface area (Å²) in [6.45, 7) is 0.345. The molecular weight excluding hydrogens is 238 g/mol. The van der Waals surface area contributed by atoms with Gasteiger partial charge in [-0.25, -0.2) is 4.98 Å². The third-order valence-corrected chi connectivity index (χ3v) is 2.83. The highest BCUT2D eigenvalue weighted by molar-refractivity contribution is 7.07. The number of phenolic OH excluding ortho intramolecular Hbond substituents is 1. The Hall–Kier alpha value is -2.08. The maximum Gasteiger partial charge on any atom is 0.253 e. The van der Waals surface area contributed by atoms with Crippen molar-refractivity contribution in [1.82, 2.24) is 10.3 Å². The number of nitrogens with two attached hydrogens (primary N) is 1. The molecule has 0 atom stereocenters. The predicted molar refractivity (Wildman–Crippen MR) is 65.8 cm³/mol. The standard InChI is InChI=1S/C11H11N3O2S/c12-10-2-1-8(15)3-9(10)11(16)13-4-7-5-17-6-14-7/h1-3,5-6,15H,4,12H2,(H,13,16). The zero-order chi connectivity index (χ0) is 12.3. The van der Waals surface area contributed by atoms with Crippen molar-refractivity contribution in [3.63, 3.8) is 0 Å². The molecule has 0 unspecified atom stereocenters. The van der Waals surface area contributed by atoms with E-state index in [-0.39, 0.29) is 17.2 Å². The number of aromatic nitrogens is 1. The highest BCUT2D eigenvalue weighted by Gasteiger charge is 2.10. The lowest BCUT2D eigenvalue weighted by atomic mass is 10.1. The number of hydrogen-bond donors (Lipinski definition) is 3. The highest BCUT2D eigenvalue weighted by Crippen LogP contribution is 2.18. The van der Waals surface area contributed by atoms with E-state index in [1.54, 1.807) is 5.51 Å². The van der Waals surface area contributed by atoms with Gasteiger partial charge in [-0.05, 0) is 18.2 Å². The van der Waals surface area contributed by atoms with Crippen molar-refractivity contribution in [2.24, 2.45) is 0 Å². The number of nitrogen functional groups attached to an aromatic ring is 1. The summed E-state index contributed by atoms with van der Waals surface area (Å²) >= 11 is 1.47. The molecule has 0 aliphatic heterocycles. The number of rotatable bonds is 3. The zero-order valence-electron chi connectivity index (χ0n) is 8.88. The molecule has 0 aliphatic carbocycles. The van der Waals surface area contributed by atoms with Gasteiger partial charge < -0.3 is 16.2 Å². The summed E-state index contributed by atoms with van der Waals surface area (Å²) in [5, 5.41) is 13.8. The van der Waals surface area contributed by atoms with E-state index in [4.69, 9.17) is 5.73 Å². The van der Waals surface area contributed by atoms with Crippen LogP contribution in [-0.4, -0.2) is 16.0 Å². The number of amides is 1. The van der Waals surface area contributed by atoms with Crippen LogP contribution in [0.1, 0.15) is 16.1 Å². The van der Waals surface area contributed by atoms with Crippen LogP contribution in [-0.2, 0) is 6.54 Å². The van der Waals surface area contributed by atoms with E-state index in [9.17, 15) is 9.90 Å². The van der Waals surface area contributed by atoms with Crippen molar-refractivity contribution < 1.29 is 9.90 Å². The van der Waals surface area contributed by atoms with Crippen LogP contribution in [0.3, 0.4) is 0 Å². The molecule has 1 aromatic heterocycles. The van der Waals surface area contributed by atoms with E-state index in [1.165, 1.54) is 29.5 Å². The number of phenols is 1. The smallest absolute Gasteiger partial charge is 0.253 e. The molecule has 0 saturated carbocycles. The van der Waals surface area contributed by atoms with Gasteiger partial charge in [0.1, 0.15) is 5.75 Å². The first-order valence-electron chi connectivity index (χ1n) is 4.90. The second-order valence-electron chi connectivity index (χ2n) is 3.43. The number of benzene rings is 1. The Balaban J connectivity index is 2.07. The highest BCUT2D eigenvalue weighted by atomic mass is 32.1. The van der Waals surface area contributed by atoms with Crippen LogP contribution in [0, 0.1) is 0 Å². The second-order valence-corrected chi connectivity index (χ2v) is 4.15. The lowest BCUT2D eigenvalue weighted by molar-refractivity contribution is 0.0951. The van der Waals surface area contributed by atoms with Crippen molar-refractivity contribution >= 4 is 22.9 Å². The van der Waals surface area contributed by atoms with Crippen molar-refractivity contribution in [2.75, 3.05) is 5.73 Å². The molecule has 0 aliphatic rings. The molecule has 1 amide bonds. The average molecular weight is 249 g/mol. The van der Waals surface area contributed by atoms with E-state index in [0.717, 1.165) is 5.69 Å². The Kier molecular flexibility index (Phi) is 3.24. The molecule has 2 aromatic rings. The average Bonchev–Trinajstić information content (AvgIpc) is 2.82. The molecule has 6 heteroatoms. The van der Waals surface area contributed by atoms with Crippen molar-refractivity contribution in [3.05, 3.63) is 40.3 Å². The fourth-order valence-electron chi connectivity index (χ4n) is 1.33. The van der Waals surface area contributed by atoms with Gasteiger partial charge in [0.25, 0.3) is 5.91 Å². The molecule has 5 nitrogen and oxygen atoms in total. The minimum atomic E-state index is -0.327. The molecule has 0 saturated heterocycles. The number of thiazole rings is 1. The van der Waals surface area contributed by atoms with Crippen LogP contribution in [0.15, 0.2) is 29.1 Å². The number of nitrogens with zero attached hydrogens (tertiary/aromatic N) is 1. The van der Waals surface area contributed by atoms with Gasteiger partial charge in [0.05, 0.1) is 23.3 Å². The summed E-state index contributed by atoms with van der Waals surface area (Å²) in [7, 11) is 0. The maximum atomic E-state index is 11.8. The number of hydrogen-bond acceptors (Lipinski definition) is 5. The van der Waals surface area contributed by atoms with Crippen molar-refractivity contribution in [1.29, 1.82) is 0 Å². The largest absolute Gasteiger partial charge is 0.508 e. The lowest BCUT2D eigenvalue weighted by Gasteiger charge is -2.06. The molecule has 4 N–H and O–H groups in total. The molecule has 88 valence electrons. The number of aromatic hydroxyl groups is 1. The van der Waals surface area contributed by atoms with Crippen LogP contribution in [0.5, 0.6) is 5.75 Å². The van der Waals surface area contributed by atoms with E-state index in [0.29, 0.717) is 12.2 Å². The predicted octanol–water partition coefficient (Wildman–Crippen LogP) is 1.36. The van der Waals surface area contributed by atoms with E-state index < -0.39 is 0 Å². The Labute approximate surface area is 102 Å². The summed E-state index contributed by atoms with van der Waals surface area (Å²) in [6.07, 6.45) is 0. The number of anilines is 1. The van der Waals surface area contributed by atoms with Crippen molar-refractivity contribution in [2.45, 2.75) is 6.54 Å². The summed E-state index contributed by atoms with van der Waals surface area (Å²) < 4.78 is 0. The summed E-state index contributed by atoms with van der Waals surface area (Å²) in [6, 6.07) is 4.27. The van der Waals surface area contributed by atoms with E-state index >= 15 is 0 Å². The Bertz CT molecular complexity index is 526. The minimum absolute atomic E-state index is 0.0120. The third kappa shape index (κ3) is 2.73. The van der Waals surface area contributed by atoms with Crippen LogP contribution in [0.25, 0.3) is 0 Å². The molecular formula is C11H11N3O2S. The van der Waals surface area contributed by atoms with Gasteiger partial charge in [-0.1, -0.05) is 0 Å². The first-order valence-corrected chi connectivity index (χ1v) is 5.85. The van der Waals surface area contributed by atoms with Gasteiger partial charge >= 0.3 is 0 Å². The fraction of sp³-hybridized carbons (Fsp3) is 0.0909. The molecule has 0 bridgehead atoms. The van der Waals surface area contributed by atoms with E-state index in [1.807, 2.05) is 5.38 Å². The third-order valence-electron chi connectivity index (χ3n) is 2.20. The first kappa shape index (κ1) is 11.4. The number of nitrogens with one attached hydrogen (secondary N) is 1. The summed E-state index contributed by atoms with van der Waals surface area (Å²) in [5.41, 5.74) is 8.74. The van der Waals surface area contributed by atoms with Gasteiger partial charge in [0.15, 0.2) is 0 Å². The monoisotopic (exact) mass is 249 g/mol. The molecule has 17 heavy (non-hydrogen) atoms. The van der Waals surface area contributed by atoms with Crippen molar-refractivity contribution in [3.8, 4) is 5.75 Å². The van der Waals surface area contributed by atoms with Crippen LogP contribution in [0.2, 0.25) is 0 Å². The first-order chi connectivity index (χ1) is 8.16. The second kappa shape index (κ2) is 4.84.